The number of amides is 1. The smallest absolute Gasteiger partial charge is 0.265 e. The van der Waals surface area contributed by atoms with Crippen molar-refractivity contribution < 1.29 is 9.90 Å². The highest BCUT2D eigenvalue weighted by Crippen LogP contribution is 2.37. The third-order valence-corrected chi connectivity index (χ3v) is 4.82. The predicted octanol–water partition coefficient (Wildman–Crippen LogP) is 3.02. The molecule has 2 aromatic rings. The number of rotatable bonds is 1. The van der Waals surface area contributed by atoms with Crippen LogP contribution in [0.2, 0.25) is 10.0 Å². The van der Waals surface area contributed by atoms with Crippen molar-refractivity contribution in [2.24, 2.45) is 0 Å². The number of carbonyl (C=O) groups is 1. The first-order valence-electron chi connectivity index (χ1n) is 5.41. The monoisotopic (exact) mass is 301 g/mol. The van der Waals surface area contributed by atoms with Gasteiger partial charge in [0.2, 0.25) is 0 Å². The van der Waals surface area contributed by atoms with Gasteiger partial charge in [0.25, 0.3) is 5.91 Å². The summed E-state index contributed by atoms with van der Waals surface area (Å²) >= 11 is 13.5. The third kappa shape index (κ3) is 1.89. The van der Waals surface area contributed by atoms with E-state index in [9.17, 15) is 9.90 Å². The van der Waals surface area contributed by atoms with Gasteiger partial charge in [-0.1, -0.05) is 29.3 Å². The summed E-state index contributed by atoms with van der Waals surface area (Å²) in [5.74, 6) is -0.123. The Morgan fingerprint density at radius 2 is 2.11 bits per heavy atom. The van der Waals surface area contributed by atoms with Gasteiger partial charge in [0.15, 0.2) is 0 Å². The second kappa shape index (κ2) is 4.38. The van der Waals surface area contributed by atoms with Crippen molar-refractivity contribution in [2.45, 2.75) is 6.10 Å². The number of hydrogen-bond donors (Lipinski definition) is 1. The number of carbonyl (C=O) groups excluding carboxylic acids is 1. The molecule has 3 nitrogen and oxygen atoms in total. The molecule has 1 aromatic carbocycles. The standard InChI is InChI=1S/C12H9Cl2NO2S/c13-6-1-2-8-9(3-6)18-11(10(8)14)12(17)15-4-7(16)5-15/h1-3,7,16H,4-5H2. The first-order valence-corrected chi connectivity index (χ1v) is 6.98. The maximum atomic E-state index is 12.2. The number of aliphatic hydroxyl groups excluding tert-OH is 1. The van der Waals surface area contributed by atoms with E-state index in [0.29, 0.717) is 28.0 Å². The molecule has 0 unspecified atom stereocenters. The van der Waals surface area contributed by atoms with Crippen LogP contribution in [0.5, 0.6) is 0 Å². The zero-order valence-corrected chi connectivity index (χ0v) is 11.5. The van der Waals surface area contributed by atoms with Crippen molar-refractivity contribution in [2.75, 3.05) is 13.1 Å². The molecule has 1 fully saturated rings. The number of likely N-dealkylation sites (tertiary alicyclic amines) is 1. The lowest BCUT2D eigenvalue weighted by Crippen LogP contribution is -2.53. The minimum absolute atomic E-state index is 0.123. The first kappa shape index (κ1) is 12.2. The molecule has 0 saturated carbocycles. The van der Waals surface area contributed by atoms with Gasteiger partial charge in [0.05, 0.1) is 11.1 Å². The lowest BCUT2D eigenvalue weighted by atomic mass is 10.1. The zero-order chi connectivity index (χ0) is 12.9. The molecule has 0 atom stereocenters. The largest absolute Gasteiger partial charge is 0.389 e. The fourth-order valence-electron chi connectivity index (χ4n) is 1.94. The molecule has 1 saturated heterocycles. The molecule has 18 heavy (non-hydrogen) atoms. The van der Waals surface area contributed by atoms with Crippen LogP contribution in [0, 0.1) is 0 Å². The molecule has 0 spiro atoms. The average Bonchev–Trinajstić information content (AvgIpc) is 2.61. The van der Waals surface area contributed by atoms with E-state index in [2.05, 4.69) is 0 Å². The predicted molar refractivity (Wildman–Crippen MR) is 73.8 cm³/mol. The molecule has 2 heterocycles. The molecular weight excluding hydrogens is 293 g/mol. The van der Waals surface area contributed by atoms with Gasteiger partial charge in [0, 0.05) is 28.2 Å². The van der Waals surface area contributed by atoms with E-state index >= 15 is 0 Å². The third-order valence-electron chi connectivity index (χ3n) is 2.94. The summed E-state index contributed by atoms with van der Waals surface area (Å²) in [7, 11) is 0. The lowest BCUT2D eigenvalue weighted by Gasteiger charge is -2.35. The van der Waals surface area contributed by atoms with Gasteiger partial charge in [0.1, 0.15) is 4.88 Å². The van der Waals surface area contributed by atoms with Crippen LogP contribution in [-0.4, -0.2) is 35.1 Å². The minimum Gasteiger partial charge on any atom is -0.389 e. The molecule has 0 bridgehead atoms. The second-order valence-electron chi connectivity index (χ2n) is 4.25. The van der Waals surface area contributed by atoms with E-state index in [1.807, 2.05) is 6.07 Å². The maximum absolute atomic E-state index is 12.2. The highest BCUT2D eigenvalue weighted by molar-refractivity contribution is 7.21. The Labute approximate surface area is 118 Å². The van der Waals surface area contributed by atoms with E-state index < -0.39 is 6.10 Å². The summed E-state index contributed by atoms with van der Waals surface area (Å²) in [5.41, 5.74) is 0. The Balaban J connectivity index is 2.01. The fourth-order valence-corrected chi connectivity index (χ4v) is 3.70. The number of β-amino-alcohol motifs (C(OH)–C–C–N with tert-alkyl or cyclic N) is 1. The van der Waals surface area contributed by atoms with Crippen molar-refractivity contribution in [1.29, 1.82) is 0 Å². The van der Waals surface area contributed by atoms with Crippen LogP contribution in [0.3, 0.4) is 0 Å². The van der Waals surface area contributed by atoms with E-state index in [4.69, 9.17) is 23.2 Å². The summed E-state index contributed by atoms with van der Waals surface area (Å²) < 4.78 is 0.900. The summed E-state index contributed by atoms with van der Waals surface area (Å²) in [5, 5.41) is 11.2. The van der Waals surface area contributed by atoms with Crippen LogP contribution >= 0.6 is 34.5 Å². The van der Waals surface area contributed by atoms with Crippen LogP contribution in [0.25, 0.3) is 10.1 Å². The molecule has 1 N–H and O–H groups in total. The average molecular weight is 302 g/mol. The molecule has 6 heteroatoms. The van der Waals surface area contributed by atoms with E-state index in [1.54, 1.807) is 17.0 Å². The van der Waals surface area contributed by atoms with Gasteiger partial charge in [-0.3, -0.25) is 4.79 Å². The van der Waals surface area contributed by atoms with Gasteiger partial charge in [-0.25, -0.2) is 0 Å². The number of thiophene rings is 1. The zero-order valence-electron chi connectivity index (χ0n) is 9.19. The van der Waals surface area contributed by atoms with Crippen LogP contribution in [0.4, 0.5) is 0 Å². The number of fused-ring (bicyclic) bond motifs is 1. The quantitative estimate of drug-likeness (QED) is 0.879. The van der Waals surface area contributed by atoms with Crippen LogP contribution in [-0.2, 0) is 0 Å². The Morgan fingerprint density at radius 3 is 2.78 bits per heavy atom. The number of benzene rings is 1. The van der Waals surface area contributed by atoms with E-state index in [-0.39, 0.29) is 5.91 Å². The molecule has 0 radical (unpaired) electrons. The van der Waals surface area contributed by atoms with Gasteiger partial charge in [-0.05, 0) is 12.1 Å². The van der Waals surface area contributed by atoms with Gasteiger partial charge < -0.3 is 10.0 Å². The van der Waals surface area contributed by atoms with Crippen LogP contribution < -0.4 is 0 Å². The Hall–Kier alpha value is -0.810. The molecule has 1 amide bonds. The second-order valence-corrected chi connectivity index (χ2v) is 6.12. The molecular formula is C12H9Cl2NO2S. The van der Waals surface area contributed by atoms with Gasteiger partial charge in [-0.2, -0.15) is 0 Å². The SMILES string of the molecule is O=C(c1sc2cc(Cl)ccc2c1Cl)N1CC(O)C1. The van der Waals surface area contributed by atoms with E-state index in [0.717, 1.165) is 10.1 Å². The van der Waals surface area contributed by atoms with Crippen molar-refractivity contribution in [3.63, 3.8) is 0 Å². The highest BCUT2D eigenvalue weighted by atomic mass is 35.5. The summed E-state index contributed by atoms with van der Waals surface area (Å²) in [6.45, 7) is 0.758. The Kier molecular flexibility index (Phi) is 2.98. The van der Waals surface area contributed by atoms with Crippen molar-refractivity contribution >= 4 is 50.5 Å². The Morgan fingerprint density at radius 1 is 1.39 bits per heavy atom. The number of nitrogens with zero attached hydrogens (tertiary/aromatic N) is 1. The molecule has 1 aliphatic rings. The molecule has 0 aliphatic carbocycles. The van der Waals surface area contributed by atoms with Crippen molar-refractivity contribution in [3.8, 4) is 0 Å². The number of halogens is 2. The fraction of sp³-hybridized carbons (Fsp3) is 0.250. The molecule has 1 aromatic heterocycles. The van der Waals surface area contributed by atoms with Crippen molar-refractivity contribution in [3.05, 3.63) is 33.1 Å². The molecule has 94 valence electrons. The van der Waals surface area contributed by atoms with Crippen LogP contribution in [0.1, 0.15) is 9.67 Å². The maximum Gasteiger partial charge on any atom is 0.265 e. The summed E-state index contributed by atoms with van der Waals surface area (Å²) in [6, 6.07) is 5.37. The summed E-state index contributed by atoms with van der Waals surface area (Å²) in [6.07, 6.45) is -0.406. The topological polar surface area (TPSA) is 40.5 Å². The number of hydrogen-bond acceptors (Lipinski definition) is 3. The number of aliphatic hydroxyl groups is 1. The van der Waals surface area contributed by atoms with Crippen LogP contribution in [0.15, 0.2) is 18.2 Å². The Bertz CT molecular complexity index is 634. The highest BCUT2D eigenvalue weighted by Gasteiger charge is 2.31. The lowest BCUT2D eigenvalue weighted by molar-refractivity contribution is 0.00624. The molecule has 1 aliphatic heterocycles. The van der Waals surface area contributed by atoms with Crippen molar-refractivity contribution in [1.82, 2.24) is 4.90 Å². The van der Waals surface area contributed by atoms with Gasteiger partial charge >= 0.3 is 0 Å². The summed E-state index contributed by atoms with van der Waals surface area (Å²) in [4.78, 5) is 14.3. The minimum atomic E-state index is -0.406. The van der Waals surface area contributed by atoms with E-state index in [1.165, 1.54) is 11.3 Å². The molecule has 3 rings (SSSR count). The first-order chi connectivity index (χ1) is 8.56. The van der Waals surface area contributed by atoms with Gasteiger partial charge in [-0.15, -0.1) is 11.3 Å². The normalized spacial score (nSPS) is 16.1.